The molecule has 210 valence electrons. The number of halogens is 2. The van der Waals surface area contributed by atoms with Crippen LogP contribution in [-0.2, 0) is 4.74 Å². The van der Waals surface area contributed by atoms with Crippen molar-refractivity contribution in [1.29, 1.82) is 0 Å². The largest absolute Gasteiger partial charge is 0.487 e. The molecule has 0 unspecified atom stereocenters. The summed E-state index contributed by atoms with van der Waals surface area (Å²) >= 11 is 0. The van der Waals surface area contributed by atoms with E-state index in [2.05, 4.69) is 4.98 Å². The first kappa shape index (κ1) is 27.1. The summed E-state index contributed by atoms with van der Waals surface area (Å²) < 4.78 is 42.4. The van der Waals surface area contributed by atoms with Crippen LogP contribution in [-0.4, -0.2) is 88.0 Å². The molecule has 2 saturated heterocycles. The van der Waals surface area contributed by atoms with Crippen LogP contribution >= 0.6 is 0 Å². The van der Waals surface area contributed by atoms with Gasteiger partial charge in [-0.05, 0) is 53.2 Å². The third-order valence-electron chi connectivity index (χ3n) is 7.35. The molecule has 3 aliphatic heterocycles. The first-order chi connectivity index (χ1) is 18.3. The van der Waals surface area contributed by atoms with Crippen molar-refractivity contribution in [3.8, 4) is 17.0 Å². The van der Waals surface area contributed by atoms with Crippen LogP contribution < -0.4 is 9.64 Å². The molecule has 0 saturated carbocycles. The van der Waals surface area contributed by atoms with Gasteiger partial charge in [0.1, 0.15) is 35.1 Å². The van der Waals surface area contributed by atoms with E-state index >= 15 is 4.39 Å². The van der Waals surface area contributed by atoms with Crippen LogP contribution in [0.3, 0.4) is 0 Å². The van der Waals surface area contributed by atoms with Crippen LogP contribution in [0.1, 0.15) is 51.4 Å². The third kappa shape index (κ3) is 4.99. The average molecular weight is 545 g/mol. The molecule has 9 nitrogen and oxygen atoms in total. The summed E-state index contributed by atoms with van der Waals surface area (Å²) in [5, 5.41) is 10.5. The molecular formula is C28H34F2N4O5. The lowest BCUT2D eigenvalue weighted by Crippen LogP contribution is -2.58. The zero-order valence-corrected chi connectivity index (χ0v) is 22.8. The van der Waals surface area contributed by atoms with E-state index in [9.17, 15) is 19.1 Å². The second-order valence-corrected chi connectivity index (χ2v) is 12.0. The number of nitrogens with zero attached hydrogens (tertiary/aromatic N) is 4. The number of ether oxygens (including phenoxy) is 2. The maximum Gasteiger partial charge on any atom is 0.410 e. The van der Waals surface area contributed by atoms with E-state index in [1.54, 1.807) is 36.6 Å². The lowest BCUT2D eigenvalue weighted by molar-refractivity contribution is 0.000864. The zero-order valence-electron chi connectivity index (χ0n) is 22.8. The number of carbonyl (C=O) groups excluding carboxylic acids is 2. The minimum Gasteiger partial charge on any atom is -0.487 e. The molecule has 0 aliphatic carbocycles. The molecule has 2 aromatic rings. The minimum atomic E-state index is -0.936. The summed E-state index contributed by atoms with van der Waals surface area (Å²) in [5.41, 5.74) is -1.71. The van der Waals surface area contributed by atoms with Crippen molar-refractivity contribution in [2.24, 2.45) is 0 Å². The number of β-amino-alcohol motifs (C(OH)–C–C–N with tert-alkyl or cyclic N) is 1. The Kier molecular flexibility index (Phi) is 6.69. The molecule has 0 bridgehead atoms. The van der Waals surface area contributed by atoms with Crippen molar-refractivity contribution < 1.29 is 33.0 Å². The molecule has 0 spiro atoms. The number of anilines is 1. The number of piperazine rings is 1. The highest BCUT2D eigenvalue weighted by Crippen LogP contribution is 2.43. The maximum absolute atomic E-state index is 16.1. The number of aliphatic hydroxyl groups excluding tert-OH is 1. The van der Waals surface area contributed by atoms with Crippen molar-refractivity contribution in [3.05, 3.63) is 41.5 Å². The Morgan fingerprint density at radius 2 is 1.90 bits per heavy atom. The molecule has 39 heavy (non-hydrogen) atoms. The molecule has 3 aliphatic rings. The molecule has 1 aromatic heterocycles. The number of hydrogen-bond acceptors (Lipinski definition) is 7. The van der Waals surface area contributed by atoms with Gasteiger partial charge in [-0.3, -0.25) is 4.79 Å². The van der Waals surface area contributed by atoms with Gasteiger partial charge >= 0.3 is 6.09 Å². The maximum atomic E-state index is 16.1. The Balaban J connectivity index is 1.59. The number of aromatic nitrogens is 1. The van der Waals surface area contributed by atoms with E-state index in [0.717, 1.165) is 0 Å². The topological polar surface area (TPSA) is 95.4 Å². The first-order valence-corrected chi connectivity index (χ1v) is 13.1. The summed E-state index contributed by atoms with van der Waals surface area (Å²) in [6.45, 7) is 9.77. The molecule has 1 aromatic carbocycles. The molecule has 1 N–H and O–H groups in total. The van der Waals surface area contributed by atoms with Crippen LogP contribution in [0.2, 0.25) is 0 Å². The van der Waals surface area contributed by atoms with Crippen LogP contribution in [0.25, 0.3) is 11.3 Å². The highest BCUT2D eigenvalue weighted by molar-refractivity contribution is 6.03. The first-order valence-electron chi connectivity index (χ1n) is 13.1. The van der Waals surface area contributed by atoms with Crippen LogP contribution in [0, 0.1) is 11.6 Å². The number of rotatable bonds is 2. The van der Waals surface area contributed by atoms with Crippen molar-refractivity contribution in [1.82, 2.24) is 14.8 Å². The van der Waals surface area contributed by atoms with Gasteiger partial charge in [-0.15, -0.1) is 0 Å². The summed E-state index contributed by atoms with van der Waals surface area (Å²) in [6.07, 6.45) is -0.784. The lowest BCUT2D eigenvalue weighted by atomic mass is 10.00. The summed E-state index contributed by atoms with van der Waals surface area (Å²) in [5.74, 6) is -2.27. The molecular weight excluding hydrogens is 510 g/mol. The lowest BCUT2D eigenvalue weighted by Gasteiger charge is -2.40. The van der Waals surface area contributed by atoms with Gasteiger partial charge in [0, 0.05) is 37.3 Å². The number of hydrogen-bond donors (Lipinski definition) is 1. The van der Waals surface area contributed by atoms with Gasteiger partial charge < -0.3 is 29.3 Å². The third-order valence-corrected chi connectivity index (χ3v) is 7.35. The van der Waals surface area contributed by atoms with Gasteiger partial charge in [0.25, 0.3) is 5.91 Å². The van der Waals surface area contributed by atoms with Crippen molar-refractivity contribution in [2.75, 3.05) is 37.7 Å². The Labute approximate surface area is 226 Å². The monoisotopic (exact) mass is 544 g/mol. The molecule has 5 rings (SSSR count). The highest BCUT2D eigenvalue weighted by atomic mass is 19.1. The van der Waals surface area contributed by atoms with Gasteiger partial charge in [-0.25, -0.2) is 18.6 Å². The SMILES string of the molecule is CC(C)(C)OC(=O)N1CCN2C(=O)c3c(N4C[C@@H](O)CC4(C)C)nc(-c4ccccc4F)c(F)c3OC[C@H]2C1. The molecule has 0 radical (unpaired) electrons. The Morgan fingerprint density at radius 3 is 2.54 bits per heavy atom. The zero-order chi connectivity index (χ0) is 28.3. The number of benzene rings is 1. The number of amides is 2. The van der Waals surface area contributed by atoms with E-state index in [4.69, 9.17) is 9.47 Å². The summed E-state index contributed by atoms with van der Waals surface area (Å²) in [7, 11) is 0. The predicted octanol–water partition coefficient (Wildman–Crippen LogP) is 3.83. The van der Waals surface area contributed by atoms with Gasteiger partial charge in [0.05, 0.1) is 12.1 Å². The Bertz CT molecular complexity index is 1310. The second-order valence-electron chi connectivity index (χ2n) is 12.0. The molecule has 11 heteroatoms. The fourth-order valence-electron chi connectivity index (χ4n) is 5.55. The predicted molar refractivity (Wildman–Crippen MR) is 140 cm³/mol. The second kappa shape index (κ2) is 9.62. The summed E-state index contributed by atoms with van der Waals surface area (Å²) in [6, 6.07) is 5.14. The van der Waals surface area contributed by atoms with Crippen LogP contribution in [0.15, 0.2) is 24.3 Å². The van der Waals surface area contributed by atoms with Gasteiger partial charge in [-0.2, -0.15) is 0 Å². The molecule has 2 fully saturated rings. The number of carbonyl (C=O) groups is 2. The standard InChI is InChI=1S/C28H34F2N4O5/c1-27(2,3)39-26(37)32-10-11-33-16(13-32)15-38-23-20(25(33)36)24(34-14-17(35)12-28(34,4)5)31-22(21(23)30)18-8-6-7-9-19(18)29/h6-9,16-17,35H,10-15H2,1-5H3/t16-,17+/m1/s1. The number of aliphatic hydroxyl groups is 1. The van der Waals surface area contributed by atoms with Crippen molar-refractivity contribution in [3.63, 3.8) is 0 Å². The van der Waals surface area contributed by atoms with Gasteiger partial charge in [0.2, 0.25) is 0 Å². The summed E-state index contributed by atoms with van der Waals surface area (Å²) in [4.78, 5) is 36.1. The molecule has 2 atom stereocenters. The number of pyridine rings is 1. The Hall–Kier alpha value is -3.47. The fraction of sp³-hybridized carbons (Fsp3) is 0.536. The number of fused-ring (bicyclic) bond motifs is 2. The highest BCUT2D eigenvalue weighted by Gasteiger charge is 2.45. The van der Waals surface area contributed by atoms with Gasteiger partial charge in [0.15, 0.2) is 11.6 Å². The quantitative estimate of drug-likeness (QED) is 0.614. The van der Waals surface area contributed by atoms with E-state index in [1.807, 2.05) is 13.8 Å². The van der Waals surface area contributed by atoms with E-state index < -0.39 is 46.9 Å². The minimum absolute atomic E-state index is 0.0641. The van der Waals surface area contributed by atoms with E-state index in [1.165, 1.54) is 23.1 Å². The molecule has 2 amide bonds. The van der Waals surface area contributed by atoms with E-state index in [-0.39, 0.29) is 61.2 Å². The van der Waals surface area contributed by atoms with Crippen molar-refractivity contribution >= 4 is 17.8 Å². The fourth-order valence-corrected chi connectivity index (χ4v) is 5.55. The van der Waals surface area contributed by atoms with Crippen LogP contribution in [0.5, 0.6) is 5.75 Å². The average Bonchev–Trinajstić information content (AvgIpc) is 3.03. The smallest absolute Gasteiger partial charge is 0.410 e. The molecule has 4 heterocycles. The van der Waals surface area contributed by atoms with Crippen LogP contribution in [0.4, 0.5) is 19.4 Å². The van der Waals surface area contributed by atoms with Crippen molar-refractivity contribution in [2.45, 2.75) is 64.3 Å². The van der Waals surface area contributed by atoms with Gasteiger partial charge in [-0.1, -0.05) is 12.1 Å². The normalized spacial score (nSPS) is 22.7. The van der Waals surface area contributed by atoms with E-state index in [0.29, 0.717) is 6.42 Å². The Morgan fingerprint density at radius 1 is 1.18 bits per heavy atom.